The zero-order valence-electron chi connectivity index (χ0n) is 15.6. The maximum Gasteiger partial charge on any atom is 0.433 e. The number of nitrogens with zero attached hydrogens (tertiary/aromatic N) is 4. The minimum Gasteiger partial charge on any atom is -0.396 e. The molecule has 0 aliphatic carbocycles. The van der Waals surface area contributed by atoms with E-state index in [9.17, 15) is 23.1 Å². The molecule has 0 saturated carbocycles. The number of benzene rings is 1. The van der Waals surface area contributed by atoms with Crippen molar-refractivity contribution >= 4 is 16.9 Å². The molecular weight excluding hydrogens is 385 g/mol. The third kappa shape index (κ3) is 3.46. The second-order valence-electron chi connectivity index (χ2n) is 7.19. The van der Waals surface area contributed by atoms with E-state index in [1.165, 1.54) is 6.07 Å². The third-order valence-electron chi connectivity index (χ3n) is 5.21. The number of fused-ring (bicyclic) bond motifs is 1. The number of para-hydroxylation sites is 1. The Morgan fingerprint density at radius 3 is 2.59 bits per heavy atom. The molecule has 9 heteroatoms. The highest BCUT2D eigenvalue weighted by molar-refractivity contribution is 5.88. The summed E-state index contributed by atoms with van der Waals surface area (Å²) in [7, 11) is 0. The Hall–Kier alpha value is -2.94. The average molecular weight is 404 g/mol. The first-order chi connectivity index (χ1) is 13.8. The van der Waals surface area contributed by atoms with Crippen molar-refractivity contribution in [1.29, 1.82) is 0 Å². The molecule has 4 rings (SSSR count). The monoisotopic (exact) mass is 404 g/mol. The van der Waals surface area contributed by atoms with Crippen LogP contribution < -0.4 is 10.6 Å². The van der Waals surface area contributed by atoms with Gasteiger partial charge >= 0.3 is 11.9 Å². The number of aliphatic hydroxyl groups excluding tert-OH is 1. The third-order valence-corrected chi connectivity index (χ3v) is 5.21. The lowest BCUT2D eigenvalue weighted by Gasteiger charge is -2.21. The zero-order valence-corrected chi connectivity index (χ0v) is 15.6. The molecule has 1 aliphatic heterocycles. The van der Waals surface area contributed by atoms with Gasteiger partial charge in [0.2, 0.25) is 0 Å². The predicted molar refractivity (Wildman–Crippen MR) is 102 cm³/mol. The van der Waals surface area contributed by atoms with E-state index >= 15 is 0 Å². The predicted octanol–water partition coefficient (Wildman–Crippen LogP) is 2.93. The van der Waals surface area contributed by atoms with E-state index in [1.54, 1.807) is 31.2 Å². The molecular formula is C20H19F3N4O2. The highest BCUT2D eigenvalue weighted by Crippen LogP contribution is 2.33. The Labute approximate surface area is 164 Å². The van der Waals surface area contributed by atoms with Crippen molar-refractivity contribution in [2.75, 3.05) is 24.6 Å². The lowest BCUT2D eigenvalue weighted by atomic mass is 10.1. The molecule has 6 nitrogen and oxygen atoms in total. The second-order valence-corrected chi connectivity index (χ2v) is 7.19. The van der Waals surface area contributed by atoms with E-state index in [0.717, 1.165) is 10.6 Å². The van der Waals surface area contributed by atoms with E-state index in [0.29, 0.717) is 42.0 Å². The lowest BCUT2D eigenvalue weighted by molar-refractivity contribution is -0.141. The molecule has 1 fully saturated rings. The van der Waals surface area contributed by atoms with Crippen molar-refractivity contribution in [1.82, 2.24) is 14.5 Å². The van der Waals surface area contributed by atoms with Gasteiger partial charge in [0, 0.05) is 25.6 Å². The molecule has 1 atom stereocenters. The summed E-state index contributed by atoms with van der Waals surface area (Å²) in [5, 5.41) is 9.76. The highest BCUT2D eigenvalue weighted by Gasteiger charge is 2.34. The molecule has 29 heavy (non-hydrogen) atoms. The molecule has 0 amide bonds. The van der Waals surface area contributed by atoms with Gasteiger partial charge in [-0.15, -0.1) is 0 Å². The van der Waals surface area contributed by atoms with Gasteiger partial charge in [0.15, 0.2) is 5.65 Å². The van der Waals surface area contributed by atoms with Crippen LogP contribution in [0.3, 0.4) is 0 Å². The first-order valence-electron chi connectivity index (χ1n) is 9.22. The van der Waals surface area contributed by atoms with Crippen LogP contribution in [-0.2, 0) is 6.18 Å². The number of rotatable bonds is 3. The highest BCUT2D eigenvalue weighted by atomic mass is 19.4. The Morgan fingerprint density at radius 2 is 1.93 bits per heavy atom. The number of anilines is 1. The van der Waals surface area contributed by atoms with Crippen LogP contribution in [0, 0.1) is 12.8 Å². The maximum absolute atomic E-state index is 13.3. The van der Waals surface area contributed by atoms with Gasteiger partial charge in [-0.1, -0.05) is 18.2 Å². The SMILES string of the molecule is Cc1ccccc1-n1c(=O)nc(N2CC[C@@H](CO)C2)c2ccc(C(F)(F)F)nc21. The van der Waals surface area contributed by atoms with Crippen molar-refractivity contribution in [3.05, 3.63) is 58.1 Å². The van der Waals surface area contributed by atoms with E-state index < -0.39 is 17.6 Å². The number of hydrogen-bond donors (Lipinski definition) is 1. The number of aryl methyl sites for hydroxylation is 1. The summed E-state index contributed by atoms with van der Waals surface area (Å²) in [6, 6.07) is 9.11. The summed E-state index contributed by atoms with van der Waals surface area (Å²) in [5.41, 5.74) is -0.703. The number of aromatic nitrogens is 3. The summed E-state index contributed by atoms with van der Waals surface area (Å²) in [5.74, 6) is 0.333. The summed E-state index contributed by atoms with van der Waals surface area (Å²) in [4.78, 5) is 22.8. The molecule has 1 saturated heterocycles. The largest absolute Gasteiger partial charge is 0.433 e. The van der Waals surface area contributed by atoms with Gasteiger partial charge in [0.25, 0.3) is 0 Å². The van der Waals surface area contributed by atoms with Gasteiger partial charge in [-0.05, 0) is 37.1 Å². The lowest BCUT2D eigenvalue weighted by Crippen LogP contribution is -2.30. The average Bonchev–Trinajstić information content (AvgIpc) is 3.16. The summed E-state index contributed by atoms with van der Waals surface area (Å²) >= 11 is 0. The first-order valence-corrected chi connectivity index (χ1v) is 9.22. The standard InChI is InChI=1S/C20H19F3N4O2/c1-12-4-2-3-5-15(12)27-18-14(6-7-16(24-18)20(21,22)23)17(25-19(27)29)26-9-8-13(10-26)11-28/h2-7,13,28H,8-11H2,1H3/t13-/m1/s1. The van der Waals surface area contributed by atoms with E-state index in [1.807, 2.05) is 4.90 Å². The molecule has 0 bridgehead atoms. The Bertz CT molecular complexity index is 1130. The van der Waals surface area contributed by atoms with Crippen LogP contribution in [0.4, 0.5) is 19.0 Å². The van der Waals surface area contributed by atoms with Crippen LogP contribution in [0.15, 0.2) is 41.2 Å². The van der Waals surface area contributed by atoms with Crippen LogP contribution in [0.5, 0.6) is 0 Å². The Balaban J connectivity index is 2.01. The number of alkyl halides is 3. The van der Waals surface area contributed by atoms with E-state index in [4.69, 9.17) is 0 Å². The van der Waals surface area contributed by atoms with Crippen LogP contribution >= 0.6 is 0 Å². The van der Waals surface area contributed by atoms with Crippen molar-refractivity contribution in [2.45, 2.75) is 19.5 Å². The van der Waals surface area contributed by atoms with Gasteiger partial charge in [-0.2, -0.15) is 18.2 Å². The fourth-order valence-electron chi connectivity index (χ4n) is 3.69. The van der Waals surface area contributed by atoms with Gasteiger partial charge in [-0.3, -0.25) is 0 Å². The number of halogens is 3. The molecule has 0 radical (unpaired) electrons. The van der Waals surface area contributed by atoms with E-state index in [-0.39, 0.29) is 18.2 Å². The van der Waals surface area contributed by atoms with Gasteiger partial charge in [0.1, 0.15) is 11.5 Å². The molecule has 0 unspecified atom stereocenters. The zero-order chi connectivity index (χ0) is 20.8. The van der Waals surface area contributed by atoms with E-state index in [2.05, 4.69) is 9.97 Å². The summed E-state index contributed by atoms with van der Waals surface area (Å²) in [6.07, 6.45) is -3.92. The minimum absolute atomic E-state index is 0.00514. The van der Waals surface area contributed by atoms with Crippen molar-refractivity contribution < 1.29 is 18.3 Å². The number of aliphatic hydroxyl groups is 1. The van der Waals surface area contributed by atoms with Crippen LogP contribution in [0.2, 0.25) is 0 Å². The fourth-order valence-corrected chi connectivity index (χ4v) is 3.69. The quantitative estimate of drug-likeness (QED) is 0.727. The molecule has 1 aliphatic rings. The molecule has 3 aromatic rings. The number of pyridine rings is 1. The molecule has 1 aromatic carbocycles. The van der Waals surface area contributed by atoms with Crippen LogP contribution in [-0.4, -0.2) is 39.3 Å². The summed E-state index contributed by atoms with van der Waals surface area (Å²) in [6.45, 7) is 2.81. The summed E-state index contributed by atoms with van der Waals surface area (Å²) < 4.78 is 41.1. The molecule has 2 aromatic heterocycles. The smallest absolute Gasteiger partial charge is 0.396 e. The maximum atomic E-state index is 13.3. The van der Waals surface area contributed by atoms with Crippen molar-refractivity contribution in [2.24, 2.45) is 5.92 Å². The van der Waals surface area contributed by atoms with Gasteiger partial charge < -0.3 is 10.0 Å². The van der Waals surface area contributed by atoms with Crippen LogP contribution in [0.25, 0.3) is 16.7 Å². The molecule has 1 N–H and O–H groups in total. The minimum atomic E-state index is -4.64. The first kappa shape index (κ1) is 19.4. The Morgan fingerprint density at radius 1 is 1.17 bits per heavy atom. The molecule has 152 valence electrons. The van der Waals surface area contributed by atoms with Crippen molar-refractivity contribution in [3.8, 4) is 5.69 Å². The van der Waals surface area contributed by atoms with Crippen molar-refractivity contribution in [3.63, 3.8) is 0 Å². The second kappa shape index (κ2) is 7.14. The number of hydrogen-bond acceptors (Lipinski definition) is 5. The van der Waals surface area contributed by atoms with Gasteiger partial charge in [0.05, 0.1) is 11.1 Å². The molecule has 3 heterocycles. The van der Waals surface area contributed by atoms with Gasteiger partial charge in [-0.25, -0.2) is 14.3 Å². The van der Waals surface area contributed by atoms with Crippen LogP contribution in [0.1, 0.15) is 17.7 Å². The fraction of sp³-hybridized carbons (Fsp3) is 0.350. The molecule has 0 spiro atoms. The normalized spacial score (nSPS) is 17.3. The topological polar surface area (TPSA) is 71.2 Å². The Kier molecular flexibility index (Phi) is 4.77.